The molecule has 2 aliphatic rings. The Morgan fingerprint density at radius 2 is 1.96 bits per heavy atom. The smallest absolute Gasteiger partial charge is 0.286 e. The lowest BCUT2D eigenvalue weighted by Crippen LogP contribution is -2.31. The number of ether oxygens (including phenoxy) is 2. The number of carbonyl (C=O) groups is 1. The number of nitrogens with one attached hydrogen (secondary N) is 1. The number of hydrogen-bond acceptors (Lipinski definition) is 6. The van der Waals surface area contributed by atoms with Crippen molar-refractivity contribution in [3.05, 3.63) is 56.6 Å². The van der Waals surface area contributed by atoms with E-state index in [1.165, 1.54) is 12.1 Å². The number of fused-ring (bicyclic) bond motifs is 2. The highest BCUT2D eigenvalue weighted by atomic mass is 35.5. The molecule has 0 aliphatic carbocycles. The third kappa shape index (κ3) is 3.54. The summed E-state index contributed by atoms with van der Waals surface area (Å²) in [6, 6.07) is 7.91. The van der Waals surface area contributed by atoms with Crippen molar-refractivity contribution in [1.29, 1.82) is 0 Å². The molecule has 0 saturated carbocycles. The molecule has 0 fully saturated rings. The highest BCUT2D eigenvalue weighted by molar-refractivity contribution is 7.99. The van der Waals surface area contributed by atoms with Crippen molar-refractivity contribution in [2.45, 2.75) is 17.4 Å². The molecule has 2 heterocycles. The minimum atomic E-state index is -0.589. The van der Waals surface area contributed by atoms with Crippen LogP contribution in [-0.2, 0) is 0 Å². The Labute approximate surface area is 164 Å². The summed E-state index contributed by atoms with van der Waals surface area (Å²) in [4.78, 5) is 24.8. The van der Waals surface area contributed by atoms with Crippen LogP contribution in [0.5, 0.6) is 11.5 Å². The summed E-state index contributed by atoms with van der Waals surface area (Å²) in [5.41, 5.74) is 0.562. The molecule has 2 aromatic carbocycles. The Hall–Kier alpha value is -2.45. The first-order valence-corrected chi connectivity index (χ1v) is 9.70. The van der Waals surface area contributed by atoms with E-state index in [-0.39, 0.29) is 23.0 Å². The maximum atomic E-state index is 12.9. The number of halogens is 1. The van der Waals surface area contributed by atoms with Gasteiger partial charge in [-0.15, -0.1) is 11.8 Å². The average molecular weight is 407 g/mol. The lowest BCUT2D eigenvalue weighted by molar-refractivity contribution is -0.385. The summed E-state index contributed by atoms with van der Waals surface area (Å²) >= 11 is 7.80. The minimum Gasteiger partial charge on any atom is -0.486 e. The molecule has 0 aromatic heterocycles. The first-order chi connectivity index (χ1) is 13.0. The van der Waals surface area contributed by atoms with Crippen molar-refractivity contribution in [1.82, 2.24) is 5.32 Å². The van der Waals surface area contributed by atoms with Gasteiger partial charge in [-0.2, -0.15) is 0 Å². The molecule has 1 unspecified atom stereocenters. The van der Waals surface area contributed by atoms with Crippen molar-refractivity contribution in [2.75, 3.05) is 19.0 Å². The van der Waals surface area contributed by atoms with Crippen LogP contribution < -0.4 is 14.8 Å². The third-order valence-corrected chi connectivity index (χ3v) is 5.78. The summed E-state index contributed by atoms with van der Waals surface area (Å²) in [6.45, 7) is 0.643. The topological polar surface area (TPSA) is 90.7 Å². The van der Waals surface area contributed by atoms with Crippen LogP contribution in [0.25, 0.3) is 0 Å². The van der Waals surface area contributed by atoms with E-state index >= 15 is 0 Å². The highest BCUT2D eigenvalue weighted by Gasteiger charge is 2.29. The molecule has 4 rings (SSSR count). The van der Waals surface area contributed by atoms with Gasteiger partial charge in [-0.05, 0) is 30.2 Å². The summed E-state index contributed by atoms with van der Waals surface area (Å²) < 4.78 is 10.8. The lowest BCUT2D eigenvalue weighted by atomic mass is 10.0. The van der Waals surface area contributed by atoms with E-state index in [1.54, 1.807) is 11.8 Å². The van der Waals surface area contributed by atoms with Crippen LogP contribution in [0.1, 0.15) is 28.4 Å². The maximum Gasteiger partial charge on any atom is 0.286 e. The molecule has 1 atom stereocenters. The molecule has 0 saturated heterocycles. The first kappa shape index (κ1) is 17.9. The van der Waals surface area contributed by atoms with Gasteiger partial charge in [0.05, 0.1) is 17.0 Å². The minimum absolute atomic E-state index is 0.0499. The molecule has 2 aliphatic heterocycles. The fourth-order valence-electron chi connectivity index (χ4n) is 3.16. The number of benzene rings is 2. The van der Waals surface area contributed by atoms with Crippen LogP contribution in [0.15, 0.2) is 35.2 Å². The summed E-state index contributed by atoms with van der Waals surface area (Å²) in [7, 11) is 0. The first-order valence-electron chi connectivity index (χ1n) is 8.34. The fourth-order valence-corrected chi connectivity index (χ4v) is 4.45. The Morgan fingerprint density at radius 1 is 1.22 bits per heavy atom. The maximum absolute atomic E-state index is 12.9. The molecule has 7 nitrogen and oxygen atoms in total. The van der Waals surface area contributed by atoms with Crippen molar-refractivity contribution < 1.29 is 19.2 Å². The van der Waals surface area contributed by atoms with Gasteiger partial charge < -0.3 is 14.8 Å². The number of carbonyl (C=O) groups excluding carboxylic acids is 1. The standard InChI is InChI=1S/C18H15ClN2O5S/c19-10-1-2-17-11(7-10)13(3-6-27-17)20-18(22)12-8-15-16(26-5-4-25-15)9-14(12)21(23)24/h1-2,7-9,13H,3-6H2,(H,20,22). The normalized spacial score (nSPS) is 17.7. The largest absolute Gasteiger partial charge is 0.486 e. The van der Waals surface area contributed by atoms with Crippen LogP contribution in [0.4, 0.5) is 5.69 Å². The molecule has 9 heteroatoms. The second-order valence-electron chi connectivity index (χ2n) is 6.12. The monoisotopic (exact) mass is 406 g/mol. The number of nitrogens with zero attached hydrogens (tertiary/aromatic N) is 1. The fraction of sp³-hybridized carbons (Fsp3) is 0.278. The molecule has 27 heavy (non-hydrogen) atoms. The number of nitro groups is 1. The van der Waals surface area contributed by atoms with Gasteiger partial charge in [-0.3, -0.25) is 14.9 Å². The van der Waals surface area contributed by atoms with Crippen molar-refractivity contribution in [2.24, 2.45) is 0 Å². The predicted octanol–water partition coefficient (Wildman–Crippen LogP) is 3.99. The lowest BCUT2D eigenvalue weighted by Gasteiger charge is -2.26. The zero-order chi connectivity index (χ0) is 19.0. The predicted molar refractivity (Wildman–Crippen MR) is 101 cm³/mol. The molecule has 1 amide bonds. The molecule has 1 N–H and O–H groups in total. The van der Waals surface area contributed by atoms with Crippen LogP contribution in [-0.4, -0.2) is 29.8 Å². The Morgan fingerprint density at radius 3 is 2.70 bits per heavy atom. The second-order valence-corrected chi connectivity index (χ2v) is 7.69. The van der Waals surface area contributed by atoms with E-state index in [9.17, 15) is 14.9 Å². The summed E-state index contributed by atoms with van der Waals surface area (Å²) in [5, 5.41) is 14.9. The zero-order valence-electron chi connectivity index (χ0n) is 14.1. The molecule has 2 aromatic rings. The molecule has 140 valence electrons. The van der Waals surface area contributed by atoms with E-state index in [1.807, 2.05) is 18.2 Å². The quantitative estimate of drug-likeness (QED) is 0.612. The SMILES string of the molecule is O=C(NC1CCSc2ccc(Cl)cc21)c1cc2c(cc1[N+](=O)[O-])OCCO2. The number of nitro benzene ring substituents is 1. The number of hydrogen-bond donors (Lipinski definition) is 1. The number of thioether (sulfide) groups is 1. The number of rotatable bonds is 3. The van der Waals surface area contributed by atoms with Gasteiger partial charge in [0.25, 0.3) is 11.6 Å². The molecular formula is C18H15ClN2O5S. The molecular weight excluding hydrogens is 392 g/mol. The van der Waals surface area contributed by atoms with Crippen LogP contribution in [0, 0.1) is 10.1 Å². The van der Waals surface area contributed by atoms with Crippen molar-refractivity contribution in [3.63, 3.8) is 0 Å². The highest BCUT2D eigenvalue weighted by Crippen LogP contribution is 2.39. The molecule has 0 bridgehead atoms. The van der Waals surface area contributed by atoms with E-state index in [0.29, 0.717) is 30.4 Å². The van der Waals surface area contributed by atoms with E-state index in [4.69, 9.17) is 21.1 Å². The van der Waals surface area contributed by atoms with Gasteiger partial charge in [0.2, 0.25) is 0 Å². The summed E-state index contributed by atoms with van der Waals surface area (Å²) in [6.07, 6.45) is 0.710. The van der Waals surface area contributed by atoms with E-state index in [0.717, 1.165) is 16.2 Å². The van der Waals surface area contributed by atoms with Gasteiger partial charge in [0.15, 0.2) is 11.5 Å². The Kier molecular flexibility index (Phi) is 4.84. The van der Waals surface area contributed by atoms with Crippen LogP contribution in [0.3, 0.4) is 0 Å². The van der Waals surface area contributed by atoms with Gasteiger partial charge in [0.1, 0.15) is 18.8 Å². The van der Waals surface area contributed by atoms with E-state index < -0.39 is 10.8 Å². The second kappa shape index (κ2) is 7.28. The van der Waals surface area contributed by atoms with E-state index in [2.05, 4.69) is 5.32 Å². The Balaban J connectivity index is 1.66. The van der Waals surface area contributed by atoms with Crippen LogP contribution >= 0.6 is 23.4 Å². The number of amides is 1. The zero-order valence-corrected chi connectivity index (χ0v) is 15.6. The van der Waals surface area contributed by atoms with Gasteiger partial charge >= 0.3 is 0 Å². The molecule has 0 radical (unpaired) electrons. The molecule has 0 spiro atoms. The van der Waals surface area contributed by atoms with Crippen LogP contribution in [0.2, 0.25) is 5.02 Å². The van der Waals surface area contributed by atoms with Gasteiger partial charge in [-0.25, -0.2) is 0 Å². The van der Waals surface area contributed by atoms with Crippen molar-refractivity contribution in [3.8, 4) is 11.5 Å². The average Bonchev–Trinajstić information content (AvgIpc) is 2.67. The van der Waals surface area contributed by atoms with Gasteiger partial charge in [0, 0.05) is 21.7 Å². The summed E-state index contributed by atoms with van der Waals surface area (Å²) in [5.74, 6) is 0.917. The Bertz CT molecular complexity index is 936. The third-order valence-electron chi connectivity index (χ3n) is 4.42. The van der Waals surface area contributed by atoms with Crippen molar-refractivity contribution >= 4 is 35.0 Å². The van der Waals surface area contributed by atoms with Gasteiger partial charge in [-0.1, -0.05) is 11.6 Å².